The molecule has 0 saturated heterocycles. The van der Waals surface area contributed by atoms with Gasteiger partial charge >= 0.3 is 11.9 Å². The smallest absolute Gasteiger partial charge is 0.334 e. The van der Waals surface area contributed by atoms with Gasteiger partial charge in [-0.15, -0.1) is 0 Å². The van der Waals surface area contributed by atoms with Gasteiger partial charge in [0.25, 0.3) is 0 Å². The van der Waals surface area contributed by atoms with Gasteiger partial charge in [-0.2, -0.15) is 0 Å². The number of nitrogens with one attached hydrogen (secondary N) is 1. The number of imidazole rings is 1. The molecule has 27 heavy (non-hydrogen) atoms. The summed E-state index contributed by atoms with van der Waals surface area (Å²) in [6.45, 7) is 2.19. The van der Waals surface area contributed by atoms with Crippen molar-refractivity contribution in [2.75, 3.05) is 13.7 Å². The second-order valence-electron chi connectivity index (χ2n) is 6.05. The third kappa shape index (κ3) is 4.25. The Morgan fingerprint density at radius 1 is 1.26 bits per heavy atom. The van der Waals surface area contributed by atoms with Crippen LogP contribution in [0, 0.1) is 0 Å². The first kappa shape index (κ1) is 18.4. The molecule has 0 fully saturated rings. The van der Waals surface area contributed by atoms with Crippen molar-refractivity contribution in [2.45, 2.75) is 19.9 Å². The van der Waals surface area contributed by atoms with E-state index in [1.807, 2.05) is 41.2 Å². The fourth-order valence-corrected chi connectivity index (χ4v) is 2.88. The molecule has 0 spiro atoms. The summed E-state index contributed by atoms with van der Waals surface area (Å²) in [6.07, 6.45) is 7.13. The minimum absolute atomic E-state index is 0.0183. The summed E-state index contributed by atoms with van der Waals surface area (Å²) in [5, 5.41) is 1.02. The van der Waals surface area contributed by atoms with Crippen molar-refractivity contribution < 1.29 is 19.1 Å². The number of hydrogen-bond acceptors (Lipinski definition) is 5. The standard InChI is InChI=1S/C20H21N3O4/c1-14(20(25)27-11-7-19(24)26-2)17(12-23-10-9-21-13-23)15-4-3-5-18-16(15)6-8-22-18/h3-6,8-10,13,22H,7,11-12H2,1-2H3. The Hall–Kier alpha value is -3.35. The van der Waals surface area contributed by atoms with Crippen LogP contribution < -0.4 is 0 Å². The molecule has 0 atom stereocenters. The minimum atomic E-state index is -0.457. The SMILES string of the molecule is COC(=O)CCOC(=O)C(C)=C(Cn1ccnc1)c1cccc2[nH]ccc12. The molecule has 0 radical (unpaired) electrons. The van der Waals surface area contributed by atoms with Crippen molar-refractivity contribution in [1.29, 1.82) is 0 Å². The number of H-pyrrole nitrogens is 1. The molecule has 0 amide bonds. The predicted octanol–water partition coefficient (Wildman–Crippen LogP) is 2.94. The third-order valence-corrected chi connectivity index (χ3v) is 4.35. The molecule has 0 aliphatic heterocycles. The number of rotatable bonds is 7. The van der Waals surface area contributed by atoms with Crippen LogP contribution in [0.25, 0.3) is 16.5 Å². The molecule has 7 heteroatoms. The van der Waals surface area contributed by atoms with Crippen molar-refractivity contribution in [3.8, 4) is 0 Å². The number of esters is 2. The Morgan fingerprint density at radius 2 is 2.11 bits per heavy atom. The van der Waals surface area contributed by atoms with E-state index in [0.717, 1.165) is 22.0 Å². The zero-order valence-corrected chi connectivity index (χ0v) is 15.3. The molecule has 2 heterocycles. The Morgan fingerprint density at radius 3 is 2.85 bits per heavy atom. The number of fused-ring (bicyclic) bond motifs is 1. The van der Waals surface area contributed by atoms with E-state index >= 15 is 0 Å². The fourth-order valence-electron chi connectivity index (χ4n) is 2.88. The van der Waals surface area contributed by atoms with Crippen LogP contribution >= 0.6 is 0 Å². The molecule has 3 aromatic rings. The molecular weight excluding hydrogens is 346 g/mol. The molecular formula is C20H21N3O4. The number of nitrogens with zero attached hydrogens (tertiary/aromatic N) is 2. The van der Waals surface area contributed by atoms with Gasteiger partial charge < -0.3 is 19.0 Å². The number of aromatic nitrogens is 3. The van der Waals surface area contributed by atoms with Crippen LogP contribution in [-0.2, 0) is 25.6 Å². The molecule has 0 unspecified atom stereocenters. The molecule has 3 rings (SSSR count). The predicted molar refractivity (Wildman–Crippen MR) is 101 cm³/mol. The topological polar surface area (TPSA) is 86.2 Å². The fraction of sp³-hybridized carbons (Fsp3) is 0.250. The maximum absolute atomic E-state index is 12.6. The summed E-state index contributed by atoms with van der Waals surface area (Å²) in [5.74, 6) is -0.873. The Labute approximate surface area is 156 Å². The zero-order valence-electron chi connectivity index (χ0n) is 15.3. The van der Waals surface area contributed by atoms with Gasteiger partial charge in [0.05, 0.1) is 19.9 Å². The first-order chi connectivity index (χ1) is 13.1. The van der Waals surface area contributed by atoms with E-state index in [9.17, 15) is 9.59 Å². The normalized spacial score (nSPS) is 11.9. The zero-order chi connectivity index (χ0) is 19.2. The van der Waals surface area contributed by atoms with Gasteiger partial charge in [0.15, 0.2) is 0 Å². The van der Waals surface area contributed by atoms with Crippen LogP contribution in [0.3, 0.4) is 0 Å². The lowest BCUT2D eigenvalue weighted by atomic mass is 9.97. The summed E-state index contributed by atoms with van der Waals surface area (Å²) >= 11 is 0. The van der Waals surface area contributed by atoms with Gasteiger partial charge in [-0.05, 0) is 30.2 Å². The summed E-state index contributed by atoms with van der Waals surface area (Å²) in [5.41, 5.74) is 3.26. The van der Waals surface area contributed by atoms with Crippen LogP contribution in [-0.4, -0.2) is 40.2 Å². The van der Waals surface area contributed by atoms with E-state index in [1.165, 1.54) is 7.11 Å². The number of carbonyl (C=O) groups excluding carboxylic acids is 2. The highest BCUT2D eigenvalue weighted by molar-refractivity contribution is 6.02. The van der Waals surface area contributed by atoms with Crippen molar-refractivity contribution in [3.05, 3.63) is 60.3 Å². The summed E-state index contributed by atoms with van der Waals surface area (Å²) in [4.78, 5) is 31.0. The largest absolute Gasteiger partial charge is 0.469 e. The summed E-state index contributed by atoms with van der Waals surface area (Å²) in [7, 11) is 1.30. The molecule has 140 valence electrons. The number of benzene rings is 1. The van der Waals surface area contributed by atoms with Gasteiger partial charge in [0.1, 0.15) is 6.61 Å². The van der Waals surface area contributed by atoms with Crippen LogP contribution in [0.1, 0.15) is 18.9 Å². The first-order valence-electron chi connectivity index (χ1n) is 8.56. The molecule has 1 aromatic carbocycles. The number of allylic oxidation sites excluding steroid dienone is 1. The van der Waals surface area contributed by atoms with Gasteiger partial charge in [-0.3, -0.25) is 4.79 Å². The Bertz CT molecular complexity index is 970. The van der Waals surface area contributed by atoms with Crippen LogP contribution in [0.2, 0.25) is 0 Å². The molecule has 0 saturated carbocycles. The summed E-state index contributed by atoms with van der Waals surface area (Å²) in [6, 6.07) is 7.89. The number of methoxy groups -OCH3 is 1. The maximum Gasteiger partial charge on any atom is 0.334 e. The number of aromatic amines is 1. The van der Waals surface area contributed by atoms with Gasteiger partial charge in [-0.1, -0.05) is 12.1 Å². The van der Waals surface area contributed by atoms with Crippen LogP contribution in [0.15, 0.2) is 54.8 Å². The van der Waals surface area contributed by atoms with Crippen molar-refractivity contribution in [3.63, 3.8) is 0 Å². The van der Waals surface area contributed by atoms with E-state index in [0.29, 0.717) is 12.1 Å². The molecule has 0 aliphatic rings. The quantitative estimate of drug-likeness (QED) is 0.512. The van der Waals surface area contributed by atoms with Crippen molar-refractivity contribution in [2.24, 2.45) is 0 Å². The maximum atomic E-state index is 12.6. The van der Waals surface area contributed by atoms with E-state index in [2.05, 4.69) is 14.7 Å². The minimum Gasteiger partial charge on any atom is -0.469 e. The Kier molecular flexibility index (Phi) is 5.71. The third-order valence-electron chi connectivity index (χ3n) is 4.35. The highest BCUT2D eigenvalue weighted by Gasteiger charge is 2.17. The van der Waals surface area contributed by atoms with E-state index < -0.39 is 11.9 Å². The molecule has 1 N–H and O–H groups in total. The van der Waals surface area contributed by atoms with Crippen LogP contribution in [0.5, 0.6) is 0 Å². The molecule has 2 aromatic heterocycles. The average Bonchev–Trinajstić information content (AvgIpc) is 3.36. The van der Waals surface area contributed by atoms with Crippen molar-refractivity contribution >= 4 is 28.4 Å². The lowest BCUT2D eigenvalue weighted by Gasteiger charge is -2.14. The number of carbonyl (C=O) groups is 2. The highest BCUT2D eigenvalue weighted by atomic mass is 16.5. The molecule has 0 bridgehead atoms. The second-order valence-corrected chi connectivity index (χ2v) is 6.05. The average molecular weight is 367 g/mol. The molecule has 7 nitrogen and oxygen atoms in total. The van der Waals surface area contributed by atoms with E-state index in [4.69, 9.17) is 4.74 Å². The Balaban J connectivity index is 1.93. The number of hydrogen-bond donors (Lipinski definition) is 1. The lowest BCUT2D eigenvalue weighted by Crippen LogP contribution is -2.14. The van der Waals surface area contributed by atoms with Gasteiger partial charge in [0.2, 0.25) is 0 Å². The van der Waals surface area contributed by atoms with E-state index in [-0.39, 0.29) is 13.0 Å². The molecule has 0 aliphatic carbocycles. The lowest BCUT2D eigenvalue weighted by molar-refractivity contribution is -0.145. The first-order valence-corrected chi connectivity index (χ1v) is 8.56. The van der Waals surface area contributed by atoms with Crippen LogP contribution in [0.4, 0.5) is 0 Å². The monoisotopic (exact) mass is 367 g/mol. The highest BCUT2D eigenvalue weighted by Crippen LogP contribution is 2.28. The van der Waals surface area contributed by atoms with Gasteiger partial charge in [-0.25, -0.2) is 9.78 Å². The van der Waals surface area contributed by atoms with E-state index in [1.54, 1.807) is 19.4 Å². The van der Waals surface area contributed by atoms with Gasteiger partial charge in [0, 0.05) is 41.6 Å². The number of ether oxygens (including phenoxy) is 2. The second kappa shape index (κ2) is 8.35. The van der Waals surface area contributed by atoms with Crippen molar-refractivity contribution in [1.82, 2.24) is 14.5 Å². The summed E-state index contributed by atoms with van der Waals surface area (Å²) < 4.78 is 11.7.